The van der Waals surface area contributed by atoms with Crippen molar-refractivity contribution < 1.29 is 25.8 Å². The number of hydrogen-bond acceptors (Lipinski definition) is 3. The van der Waals surface area contributed by atoms with Crippen LogP contribution in [0.25, 0.3) is 55.7 Å². The van der Waals surface area contributed by atoms with E-state index in [4.69, 9.17) is 14.8 Å². The number of aromatic nitrogens is 4. The van der Waals surface area contributed by atoms with E-state index in [1.165, 1.54) is 27.8 Å². The van der Waals surface area contributed by atoms with Crippen LogP contribution in [0.15, 0.2) is 109 Å². The molecule has 0 spiro atoms. The number of ether oxygens (including phenoxy) is 1. The molecule has 266 valence electrons. The third-order valence-corrected chi connectivity index (χ3v) is 10.0. The number of hydrogen-bond donors (Lipinski definition) is 0. The van der Waals surface area contributed by atoms with E-state index in [1.54, 1.807) is 0 Å². The minimum absolute atomic E-state index is 0. The molecule has 6 heteroatoms. The molecule has 0 amide bonds. The number of para-hydroxylation sites is 1. The van der Waals surface area contributed by atoms with Gasteiger partial charge in [-0.25, -0.2) is 4.98 Å². The maximum atomic E-state index is 6.70. The van der Waals surface area contributed by atoms with Gasteiger partial charge in [0.05, 0.1) is 11.4 Å². The predicted octanol–water partition coefficient (Wildman–Crippen LogP) is 12.0. The van der Waals surface area contributed by atoms with Gasteiger partial charge in [0.25, 0.3) is 0 Å². The molecule has 0 aliphatic heterocycles. The average Bonchev–Trinajstić information content (AvgIpc) is 3.65. The molecule has 0 radical (unpaired) electrons. The van der Waals surface area contributed by atoms with Crippen LogP contribution in [-0.2, 0) is 27.5 Å². The Morgan fingerprint density at radius 3 is 2.21 bits per heavy atom. The summed E-state index contributed by atoms with van der Waals surface area (Å²) in [6, 6.07) is 43.4. The summed E-state index contributed by atoms with van der Waals surface area (Å²) in [4.78, 5) is 4.79. The number of benzene rings is 5. The van der Waals surface area contributed by atoms with Gasteiger partial charge < -0.3 is 9.30 Å². The van der Waals surface area contributed by atoms with E-state index in [0.717, 1.165) is 67.8 Å². The quantitative estimate of drug-likeness (QED) is 0.143. The molecule has 0 bridgehead atoms. The Labute approximate surface area is 326 Å². The molecule has 0 fully saturated rings. The van der Waals surface area contributed by atoms with Crippen molar-refractivity contribution >= 4 is 21.8 Å². The summed E-state index contributed by atoms with van der Waals surface area (Å²) in [5.74, 6) is 2.34. The number of pyridine rings is 1. The summed E-state index contributed by atoms with van der Waals surface area (Å²) < 4.78 is 10.9. The second-order valence-corrected chi connectivity index (χ2v) is 14.1. The Hall–Kier alpha value is -5.25. The summed E-state index contributed by atoms with van der Waals surface area (Å²) >= 11 is 0. The Morgan fingerprint density at radius 1 is 0.736 bits per heavy atom. The van der Waals surface area contributed by atoms with Gasteiger partial charge in [-0.1, -0.05) is 92.5 Å². The van der Waals surface area contributed by atoms with Crippen LogP contribution in [-0.4, -0.2) is 19.3 Å². The molecule has 0 unspecified atom stereocenters. The van der Waals surface area contributed by atoms with Gasteiger partial charge in [0.1, 0.15) is 5.82 Å². The maximum absolute atomic E-state index is 6.70. The van der Waals surface area contributed by atoms with Gasteiger partial charge in [-0.15, -0.1) is 41.3 Å². The third kappa shape index (κ3) is 6.64. The molecular formula is C47H42N4OPt. The zero-order valence-electron chi connectivity index (χ0n) is 31.2. The zero-order valence-corrected chi connectivity index (χ0v) is 33.5. The molecule has 0 N–H and O–H groups in total. The first-order valence-electron chi connectivity index (χ1n) is 18.1. The molecule has 5 nitrogen and oxygen atoms in total. The molecule has 5 aromatic carbocycles. The third-order valence-electron chi connectivity index (χ3n) is 10.0. The van der Waals surface area contributed by atoms with Crippen molar-refractivity contribution in [3.8, 4) is 45.4 Å². The molecule has 8 rings (SSSR count). The van der Waals surface area contributed by atoms with E-state index in [1.807, 2.05) is 12.3 Å². The molecule has 3 heterocycles. The van der Waals surface area contributed by atoms with Crippen molar-refractivity contribution in [3.05, 3.63) is 155 Å². The Morgan fingerprint density at radius 2 is 1.47 bits per heavy atom. The molecule has 8 aromatic rings. The number of rotatable bonds is 8. The zero-order chi connectivity index (χ0) is 36.1. The van der Waals surface area contributed by atoms with Crippen LogP contribution in [0.4, 0.5) is 0 Å². The molecule has 0 atom stereocenters. The minimum atomic E-state index is 0. The predicted molar refractivity (Wildman–Crippen MR) is 213 cm³/mol. The van der Waals surface area contributed by atoms with Gasteiger partial charge >= 0.3 is 21.1 Å². The summed E-state index contributed by atoms with van der Waals surface area (Å²) in [6.07, 6.45) is 2.82. The first-order chi connectivity index (χ1) is 25.2. The van der Waals surface area contributed by atoms with Crippen molar-refractivity contribution in [1.29, 1.82) is 0 Å². The first-order valence-corrected chi connectivity index (χ1v) is 18.1. The van der Waals surface area contributed by atoms with E-state index >= 15 is 0 Å². The fourth-order valence-corrected chi connectivity index (χ4v) is 7.58. The summed E-state index contributed by atoms with van der Waals surface area (Å²) in [5, 5.41) is 7.47. The topological polar surface area (TPSA) is 44.9 Å². The SMILES string of the molecule is CCc1ccnc(-n2c3[c-]c(Oc4[c-]c(-n5nc(C)c(-c6c(C)cc(C)cc6C)c5-c5ccccc5)cc(C(C)C)c4)ccc3c3ccccc32)c1.[Pt+2]. The smallest absolute Gasteiger partial charge is 0.509 e. The van der Waals surface area contributed by atoms with Crippen LogP contribution in [0.5, 0.6) is 11.5 Å². The van der Waals surface area contributed by atoms with E-state index in [2.05, 4.69) is 167 Å². The second kappa shape index (κ2) is 14.6. The van der Waals surface area contributed by atoms with Crippen molar-refractivity contribution in [1.82, 2.24) is 19.3 Å². The molecule has 0 saturated heterocycles. The number of nitrogens with zero attached hydrogens (tertiary/aromatic N) is 4. The van der Waals surface area contributed by atoms with E-state index in [9.17, 15) is 0 Å². The van der Waals surface area contributed by atoms with Gasteiger partial charge in [-0.05, 0) is 91.6 Å². The fourth-order valence-electron chi connectivity index (χ4n) is 7.58. The Bertz CT molecular complexity index is 2590. The molecule has 0 aliphatic rings. The normalized spacial score (nSPS) is 11.4. The molecular weight excluding hydrogens is 832 g/mol. The van der Waals surface area contributed by atoms with Crippen molar-refractivity contribution in [2.75, 3.05) is 0 Å². The molecule has 0 aliphatic carbocycles. The van der Waals surface area contributed by atoms with Crippen molar-refractivity contribution in [2.45, 2.75) is 60.8 Å². The van der Waals surface area contributed by atoms with E-state index in [0.29, 0.717) is 11.5 Å². The maximum Gasteiger partial charge on any atom is 2.00 e. The number of aryl methyl sites for hydroxylation is 5. The van der Waals surface area contributed by atoms with Crippen LogP contribution in [0.3, 0.4) is 0 Å². The van der Waals surface area contributed by atoms with Gasteiger partial charge in [-0.3, -0.25) is 4.68 Å². The van der Waals surface area contributed by atoms with Gasteiger partial charge in [0, 0.05) is 34.3 Å². The van der Waals surface area contributed by atoms with Crippen LogP contribution in [0, 0.1) is 39.8 Å². The fraction of sp³-hybridized carbons (Fsp3) is 0.191. The van der Waals surface area contributed by atoms with Crippen molar-refractivity contribution in [2.24, 2.45) is 0 Å². The van der Waals surface area contributed by atoms with Gasteiger partial charge in [0.15, 0.2) is 0 Å². The molecule has 0 saturated carbocycles. The van der Waals surface area contributed by atoms with Crippen LogP contribution in [0.2, 0.25) is 0 Å². The Balaban J connectivity index is 0.00000435. The standard InChI is InChI=1S/C47H42N4O.Pt/c1-8-34-20-21-48-44(24-34)50-42-17-13-12-16-40(42)41-19-18-38(28-43(41)50)52-39-26-36(29(2)3)25-37(27-39)51-47(35-14-10-9-11-15-35)46(33(7)49-51)45-31(5)22-30(4)23-32(45)6;/h9-26,29H,8H2,1-7H3;/q-2;+2. The molecule has 3 aromatic heterocycles. The summed E-state index contributed by atoms with van der Waals surface area (Å²) in [7, 11) is 0. The average molecular weight is 874 g/mol. The van der Waals surface area contributed by atoms with Crippen LogP contribution >= 0.6 is 0 Å². The molecule has 53 heavy (non-hydrogen) atoms. The van der Waals surface area contributed by atoms with E-state index < -0.39 is 0 Å². The van der Waals surface area contributed by atoms with E-state index in [-0.39, 0.29) is 27.0 Å². The summed E-state index contributed by atoms with van der Waals surface area (Å²) in [6.45, 7) is 15.2. The largest absolute Gasteiger partial charge is 2.00 e. The Kier molecular flexibility index (Phi) is 9.98. The monoisotopic (exact) mass is 873 g/mol. The van der Waals surface area contributed by atoms with Gasteiger partial charge in [0.2, 0.25) is 0 Å². The second-order valence-electron chi connectivity index (χ2n) is 14.1. The number of fused-ring (bicyclic) bond motifs is 3. The van der Waals surface area contributed by atoms with Crippen LogP contribution < -0.4 is 4.74 Å². The van der Waals surface area contributed by atoms with Crippen molar-refractivity contribution in [3.63, 3.8) is 0 Å². The minimum Gasteiger partial charge on any atom is -0.509 e. The van der Waals surface area contributed by atoms with Crippen LogP contribution in [0.1, 0.15) is 60.2 Å². The first kappa shape index (κ1) is 36.1. The summed E-state index contributed by atoms with van der Waals surface area (Å²) in [5.41, 5.74) is 14.4. The van der Waals surface area contributed by atoms with Gasteiger partial charge in [-0.2, -0.15) is 11.2 Å².